The lowest BCUT2D eigenvalue weighted by atomic mass is 10.1. The SMILES string of the molecule is COc1ccc(-c2csc(N3CCC(S(=O)(=O)c4cc(C)c(Cl)cc4Cl)CC3)n2)c(OC)c1. The summed E-state index contributed by atoms with van der Waals surface area (Å²) in [5.74, 6) is 1.40. The van der Waals surface area contributed by atoms with Crippen molar-refractivity contribution in [2.24, 2.45) is 0 Å². The maximum absolute atomic E-state index is 13.2. The number of hydrogen-bond donors (Lipinski definition) is 0. The van der Waals surface area contributed by atoms with Crippen molar-refractivity contribution in [1.82, 2.24) is 4.98 Å². The number of hydrogen-bond acceptors (Lipinski definition) is 7. The number of sulfone groups is 1. The average molecular weight is 527 g/mol. The number of piperidine rings is 1. The highest BCUT2D eigenvalue weighted by Gasteiger charge is 2.33. The highest BCUT2D eigenvalue weighted by atomic mass is 35.5. The molecule has 176 valence electrons. The van der Waals surface area contributed by atoms with E-state index in [4.69, 9.17) is 37.7 Å². The van der Waals surface area contributed by atoms with Gasteiger partial charge in [0.05, 0.1) is 35.1 Å². The maximum atomic E-state index is 13.2. The summed E-state index contributed by atoms with van der Waals surface area (Å²) in [6.07, 6.45) is 1.00. The summed E-state index contributed by atoms with van der Waals surface area (Å²) in [6, 6.07) is 8.70. The summed E-state index contributed by atoms with van der Waals surface area (Å²) in [7, 11) is -0.325. The first kappa shape index (κ1) is 24.1. The van der Waals surface area contributed by atoms with Gasteiger partial charge in [-0.2, -0.15) is 0 Å². The molecule has 1 aliphatic heterocycles. The smallest absolute Gasteiger partial charge is 0.185 e. The lowest BCUT2D eigenvalue weighted by Crippen LogP contribution is -2.39. The molecule has 1 aliphatic rings. The van der Waals surface area contributed by atoms with Gasteiger partial charge in [0.15, 0.2) is 15.0 Å². The van der Waals surface area contributed by atoms with E-state index >= 15 is 0 Å². The number of anilines is 1. The van der Waals surface area contributed by atoms with Crippen LogP contribution in [0, 0.1) is 6.92 Å². The number of aryl methyl sites for hydroxylation is 1. The summed E-state index contributed by atoms with van der Waals surface area (Å²) in [5.41, 5.74) is 2.39. The number of thiazole rings is 1. The van der Waals surface area contributed by atoms with Crippen molar-refractivity contribution < 1.29 is 17.9 Å². The van der Waals surface area contributed by atoms with E-state index in [2.05, 4.69) is 4.90 Å². The van der Waals surface area contributed by atoms with Gasteiger partial charge in [-0.05, 0) is 49.6 Å². The standard InChI is InChI=1S/C23H24Cl2N2O4S2/c1-14-10-22(19(25)12-18(14)24)33(28,29)16-6-8-27(9-7-16)23-26-20(13-32-23)17-5-4-15(30-2)11-21(17)31-3/h4-5,10-13,16H,6-9H2,1-3H3. The Hall–Kier alpha value is -2.00. The molecule has 0 unspecified atom stereocenters. The molecule has 0 saturated carbocycles. The fraction of sp³-hybridized carbons (Fsp3) is 0.348. The van der Waals surface area contributed by atoms with Crippen LogP contribution in [-0.4, -0.2) is 46.0 Å². The van der Waals surface area contributed by atoms with Gasteiger partial charge in [0, 0.05) is 35.1 Å². The molecule has 1 aromatic heterocycles. The number of rotatable bonds is 6. The van der Waals surface area contributed by atoms with Crippen molar-refractivity contribution in [2.75, 3.05) is 32.2 Å². The zero-order valence-electron chi connectivity index (χ0n) is 18.5. The van der Waals surface area contributed by atoms with Crippen molar-refractivity contribution in [1.29, 1.82) is 0 Å². The topological polar surface area (TPSA) is 68.7 Å². The third-order valence-electron chi connectivity index (χ3n) is 5.85. The van der Waals surface area contributed by atoms with E-state index in [0.29, 0.717) is 48.0 Å². The Bertz CT molecular complexity index is 1270. The number of ether oxygens (including phenoxy) is 2. The van der Waals surface area contributed by atoms with Gasteiger partial charge in [-0.1, -0.05) is 23.2 Å². The quantitative estimate of drug-likeness (QED) is 0.399. The highest BCUT2D eigenvalue weighted by molar-refractivity contribution is 7.92. The van der Waals surface area contributed by atoms with Crippen molar-refractivity contribution >= 4 is 49.5 Å². The van der Waals surface area contributed by atoms with Crippen LogP contribution in [0.5, 0.6) is 11.5 Å². The molecule has 0 spiro atoms. The van der Waals surface area contributed by atoms with Gasteiger partial charge in [0.2, 0.25) is 0 Å². The number of aromatic nitrogens is 1. The molecule has 0 radical (unpaired) electrons. The van der Waals surface area contributed by atoms with E-state index in [1.54, 1.807) is 27.2 Å². The molecule has 33 heavy (non-hydrogen) atoms. The molecule has 2 aromatic carbocycles. The van der Waals surface area contributed by atoms with Crippen LogP contribution in [0.2, 0.25) is 10.0 Å². The van der Waals surface area contributed by atoms with E-state index < -0.39 is 15.1 Å². The van der Waals surface area contributed by atoms with Gasteiger partial charge in [-0.25, -0.2) is 13.4 Å². The van der Waals surface area contributed by atoms with Crippen LogP contribution in [0.25, 0.3) is 11.3 Å². The predicted octanol–water partition coefficient (Wildman–Crippen LogP) is 5.89. The normalized spacial score (nSPS) is 15.0. The Kier molecular flexibility index (Phi) is 7.09. The van der Waals surface area contributed by atoms with Crippen molar-refractivity contribution in [3.8, 4) is 22.8 Å². The molecule has 0 N–H and O–H groups in total. The Morgan fingerprint density at radius 1 is 1.06 bits per heavy atom. The first-order chi connectivity index (χ1) is 15.7. The summed E-state index contributed by atoms with van der Waals surface area (Å²) in [6.45, 7) is 2.97. The molecule has 6 nitrogen and oxygen atoms in total. The Balaban J connectivity index is 1.49. The minimum atomic E-state index is -3.55. The van der Waals surface area contributed by atoms with Crippen LogP contribution in [-0.2, 0) is 9.84 Å². The van der Waals surface area contributed by atoms with Gasteiger partial charge in [0.1, 0.15) is 11.5 Å². The third kappa shape index (κ3) is 4.80. The molecular formula is C23H24Cl2N2O4S2. The Labute approximate surface area is 208 Å². The van der Waals surface area contributed by atoms with Crippen LogP contribution >= 0.6 is 34.5 Å². The minimum absolute atomic E-state index is 0.160. The van der Waals surface area contributed by atoms with Gasteiger partial charge in [0.25, 0.3) is 0 Å². The van der Waals surface area contributed by atoms with Crippen molar-refractivity contribution in [2.45, 2.75) is 29.9 Å². The van der Waals surface area contributed by atoms with Crippen LogP contribution < -0.4 is 14.4 Å². The zero-order chi connectivity index (χ0) is 23.8. The lowest BCUT2D eigenvalue weighted by molar-refractivity contribution is 0.395. The van der Waals surface area contributed by atoms with E-state index in [9.17, 15) is 8.42 Å². The largest absolute Gasteiger partial charge is 0.497 e. The maximum Gasteiger partial charge on any atom is 0.185 e. The van der Waals surface area contributed by atoms with Gasteiger partial charge >= 0.3 is 0 Å². The lowest BCUT2D eigenvalue weighted by Gasteiger charge is -2.31. The van der Waals surface area contributed by atoms with Crippen LogP contribution in [0.1, 0.15) is 18.4 Å². The molecule has 0 amide bonds. The third-order valence-corrected chi connectivity index (χ3v) is 9.88. The minimum Gasteiger partial charge on any atom is -0.497 e. The van der Waals surface area contributed by atoms with Crippen molar-refractivity contribution in [3.63, 3.8) is 0 Å². The van der Waals surface area contributed by atoms with Crippen LogP contribution in [0.3, 0.4) is 0 Å². The van der Waals surface area contributed by atoms with E-state index in [0.717, 1.165) is 16.4 Å². The van der Waals surface area contributed by atoms with Gasteiger partial charge < -0.3 is 14.4 Å². The molecule has 0 bridgehead atoms. The Morgan fingerprint density at radius 2 is 1.79 bits per heavy atom. The molecule has 10 heteroatoms. The summed E-state index contributed by atoms with van der Waals surface area (Å²) < 4.78 is 37.3. The molecule has 4 rings (SSSR count). The molecular weight excluding hydrogens is 503 g/mol. The first-order valence-electron chi connectivity index (χ1n) is 10.4. The average Bonchev–Trinajstić information content (AvgIpc) is 3.31. The fourth-order valence-corrected chi connectivity index (χ4v) is 7.38. The zero-order valence-corrected chi connectivity index (χ0v) is 21.6. The first-order valence-corrected chi connectivity index (χ1v) is 13.5. The molecule has 3 aromatic rings. The highest BCUT2D eigenvalue weighted by Crippen LogP contribution is 2.38. The molecule has 1 fully saturated rings. The molecule has 0 aliphatic carbocycles. The van der Waals surface area contributed by atoms with E-state index in [1.807, 2.05) is 23.6 Å². The van der Waals surface area contributed by atoms with Gasteiger partial charge in [-0.15, -0.1) is 11.3 Å². The van der Waals surface area contributed by atoms with Crippen LogP contribution in [0.15, 0.2) is 40.6 Å². The second-order valence-electron chi connectivity index (χ2n) is 7.84. The van der Waals surface area contributed by atoms with Crippen molar-refractivity contribution in [3.05, 3.63) is 51.3 Å². The number of halogens is 2. The van der Waals surface area contributed by atoms with Gasteiger partial charge in [-0.3, -0.25) is 0 Å². The summed E-state index contributed by atoms with van der Waals surface area (Å²) >= 11 is 13.9. The van der Waals surface area contributed by atoms with E-state index in [1.165, 1.54) is 17.4 Å². The number of nitrogens with zero attached hydrogens (tertiary/aromatic N) is 2. The number of methoxy groups -OCH3 is 2. The molecule has 2 heterocycles. The molecule has 1 saturated heterocycles. The second kappa shape index (κ2) is 9.70. The second-order valence-corrected chi connectivity index (χ2v) is 11.7. The van der Waals surface area contributed by atoms with E-state index in [-0.39, 0.29) is 9.92 Å². The summed E-state index contributed by atoms with van der Waals surface area (Å²) in [4.78, 5) is 7.08. The number of benzene rings is 2. The monoisotopic (exact) mass is 526 g/mol. The predicted molar refractivity (Wildman–Crippen MR) is 134 cm³/mol. The fourth-order valence-electron chi connectivity index (χ4n) is 3.93. The van der Waals surface area contributed by atoms with Crippen LogP contribution in [0.4, 0.5) is 5.13 Å². The molecule has 0 atom stereocenters. The summed E-state index contributed by atoms with van der Waals surface area (Å²) in [5, 5.41) is 2.98. The Morgan fingerprint density at radius 3 is 2.45 bits per heavy atom.